The van der Waals surface area contributed by atoms with E-state index in [1.54, 1.807) is 17.5 Å². The molecule has 31 heavy (non-hydrogen) atoms. The average molecular weight is 519 g/mol. The lowest BCUT2D eigenvalue weighted by atomic mass is 9.95. The number of rotatable bonds is 6. The van der Waals surface area contributed by atoms with Gasteiger partial charge in [0, 0.05) is 15.5 Å². The Labute approximate surface area is 199 Å². The minimum Gasteiger partial charge on any atom is -0.462 e. The number of hydrogen-bond donors (Lipinski definition) is 2. The van der Waals surface area contributed by atoms with Crippen LogP contribution in [-0.4, -0.2) is 27.5 Å². The average Bonchev–Trinajstić information content (AvgIpc) is 3.33. The minimum atomic E-state index is -0.283. The number of carbonyl (C=O) groups is 1. The molecule has 1 aliphatic rings. The Bertz CT molecular complexity index is 1090. The third-order valence-corrected chi connectivity index (χ3v) is 6.97. The van der Waals surface area contributed by atoms with Crippen LogP contribution in [0.15, 0.2) is 41.1 Å². The van der Waals surface area contributed by atoms with Gasteiger partial charge in [-0.3, -0.25) is 4.68 Å². The summed E-state index contributed by atoms with van der Waals surface area (Å²) in [6.45, 7) is 2.84. The number of thiocarbonyl (C=S) groups is 1. The van der Waals surface area contributed by atoms with E-state index in [4.69, 9.17) is 17.0 Å². The van der Waals surface area contributed by atoms with Gasteiger partial charge in [-0.2, -0.15) is 5.10 Å². The number of nitrogens with zero attached hydrogens (tertiary/aromatic N) is 2. The minimum absolute atomic E-state index is 0.283. The van der Waals surface area contributed by atoms with Crippen LogP contribution in [0.25, 0.3) is 0 Å². The molecule has 9 heteroatoms. The highest BCUT2D eigenvalue weighted by Crippen LogP contribution is 2.38. The zero-order valence-corrected chi connectivity index (χ0v) is 20.3. The second kappa shape index (κ2) is 9.93. The topological polar surface area (TPSA) is 68.2 Å². The number of aromatic nitrogens is 2. The number of thiophene rings is 1. The zero-order valence-electron chi connectivity index (χ0n) is 17.1. The first-order valence-electron chi connectivity index (χ1n) is 10.2. The number of anilines is 2. The highest BCUT2D eigenvalue weighted by molar-refractivity contribution is 9.10. The van der Waals surface area contributed by atoms with Gasteiger partial charge >= 0.3 is 5.97 Å². The lowest BCUT2D eigenvalue weighted by Gasteiger charge is -2.13. The van der Waals surface area contributed by atoms with E-state index >= 15 is 0 Å². The van der Waals surface area contributed by atoms with Gasteiger partial charge in [0.1, 0.15) is 5.00 Å². The number of aryl methyl sites for hydroxylation is 1. The van der Waals surface area contributed by atoms with E-state index in [0.29, 0.717) is 23.8 Å². The van der Waals surface area contributed by atoms with Gasteiger partial charge in [0.25, 0.3) is 0 Å². The van der Waals surface area contributed by atoms with Crippen molar-refractivity contribution in [2.45, 2.75) is 39.2 Å². The number of hydrogen-bond acceptors (Lipinski definition) is 5. The molecule has 0 spiro atoms. The van der Waals surface area contributed by atoms with Gasteiger partial charge in [0.05, 0.1) is 30.6 Å². The van der Waals surface area contributed by atoms with Crippen LogP contribution >= 0.6 is 39.5 Å². The summed E-state index contributed by atoms with van der Waals surface area (Å²) in [6, 6.07) is 8.14. The fourth-order valence-corrected chi connectivity index (χ4v) is 5.46. The molecule has 3 aromatic rings. The Morgan fingerprint density at radius 3 is 2.81 bits per heavy atom. The van der Waals surface area contributed by atoms with Crippen LogP contribution in [0, 0.1) is 0 Å². The molecule has 6 nitrogen and oxygen atoms in total. The van der Waals surface area contributed by atoms with Crippen molar-refractivity contribution in [2.75, 3.05) is 17.2 Å². The van der Waals surface area contributed by atoms with E-state index < -0.39 is 0 Å². The third-order valence-electron chi connectivity index (χ3n) is 5.03. The highest BCUT2D eigenvalue weighted by atomic mass is 79.9. The Kier molecular flexibility index (Phi) is 7.04. The van der Waals surface area contributed by atoms with Crippen molar-refractivity contribution in [1.29, 1.82) is 0 Å². The summed E-state index contributed by atoms with van der Waals surface area (Å²) in [5.74, 6) is -0.283. The predicted molar refractivity (Wildman–Crippen MR) is 132 cm³/mol. The molecule has 0 saturated heterocycles. The molecule has 0 atom stereocenters. The fraction of sp³-hybridized carbons (Fsp3) is 0.318. The number of fused-ring (bicyclic) bond motifs is 1. The SMILES string of the molecule is CCOC(=O)c1c(NC(=S)Nc2cnn(Cc3ccc(Br)cc3)c2)sc2c1CCCC2. The first-order valence-corrected chi connectivity index (χ1v) is 12.2. The first kappa shape index (κ1) is 22.0. The van der Waals surface area contributed by atoms with E-state index in [1.807, 2.05) is 29.9 Å². The van der Waals surface area contributed by atoms with E-state index in [1.165, 1.54) is 4.88 Å². The molecule has 1 aliphatic carbocycles. The lowest BCUT2D eigenvalue weighted by Crippen LogP contribution is -2.20. The molecule has 0 unspecified atom stereocenters. The Morgan fingerprint density at radius 1 is 1.26 bits per heavy atom. The molecular formula is C22H23BrN4O2S2. The summed E-state index contributed by atoms with van der Waals surface area (Å²) in [5.41, 5.74) is 3.69. The summed E-state index contributed by atoms with van der Waals surface area (Å²) in [4.78, 5) is 13.9. The maximum absolute atomic E-state index is 12.6. The molecule has 2 heterocycles. The largest absolute Gasteiger partial charge is 0.462 e. The summed E-state index contributed by atoms with van der Waals surface area (Å²) < 4.78 is 8.21. The standard InChI is InChI=1S/C22H23BrN4O2S2/c1-2-29-21(28)19-17-5-3-4-6-18(17)31-20(19)26-22(30)25-16-11-24-27(13-16)12-14-7-9-15(23)10-8-14/h7-11,13H,2-6,12H2,1H3,(H2,25,26,30). The molecule has 0 bridgehead atoms. The second-order valence-corrected chi connectivity index (χ2v) is 9.70. The van der Waals surface area contributed by atoms with Crippen molar-refractivity contribution in [3.8, 4) is 0 Å². The van der Waals surface area contributed by atoms with Crippen LogP contribution in [0.2, 0.25) is 0 Å². The summed E-state index contributed by atoms with van der Waals surface area (Å²) in [5, 5.41) is 12.0. The van der Waals surface area contributed by atoms with E-state index in [0.717, 1.165) is 52.0 Å². The van der Waals surface area contributed by atoms with Crippen molar-refractivity contribution < 1.29 is 9.53 Å². The molecule has 162 valence electrons. The highest BCUT2D eigenvalue weighted by Gasteiger charge is 2.26. The van der Waals surface area contributed by atoms with Crippen LogP contribution < -0.4 is 10.6 Å². The van der Waals surface area contributed by atoms with Crippen LogP contribution in [-0.2, 0) is 24.1 Å². The number of esters is 1. The Hall–Kier alpha value is -2.23. The van der Waals surface area contributed by atoms with Crippen LogP contribution in [0.4, 0.5) is 10.7 Å². The van der Waals surface area contributed by atoms with Gasteiger partial charge in [-0.05, 0) is 68.1 Å². The van der Waals surface area contributed by atoms with Crippen molar-refractivity contribution >= 4 is 61.3 Å². The summed E-state index contributed by atoms with van der Waals surface area (Å²) in [7, 11) is 0. The van der Waals surface area contributed by atoms with E-state index in [2.05, 4.69) is 43.8 Å². The molecule has 0 radical (unpaired) electrons. The Morgan fingerprint density at radius 2 is 2.03 bits per heavy atom. The molecule has 1 aromatic carbocycles. The lowest BCUT2D eigenvalue weighted by molar-refractivity contribution is 0.0526. The van der Waals surface area contributed by atoms with Gasteiger partial charge < -0.3 is 15.4 Å². The van der Waals surface area contributed by atoms with Crippen LogP contribution in [0.3, 0.4) is 0 Å². The monoisotopic (exact) mass is 518 g/mol. The fourth-order valence-electron chi connectivity index (χ4n) is 3.63. The summed E-state index contributed by atoms with van der Waals surface area (Å²) in [6.07, 6.45) is 7.79. The summed E-state index contributed by atoms with van der Waals surface area (Å²) >= 11 is 10.6. The van der Waals surface area contributed by atoms with E-state index in [9.17, 15) is 4.79 Å². The zero-order chi connectivity index (χ0) is 21.8. The van der Waals surface area contributed by atoms with Crippen molar-refractivity contribution in [3.63, 3.8) is 0 Å². The number of ether oxygens (including phenoxy) is 1. The van der Waals surface area contributed by atoms with E-state index in [-0.39, 0.29) is 5.97 Å². The number of benzene rings is 1. The smallest absolute Gasteiger partial charge is 0.341 e. The molecule has 0 aliphatic heterocycles. The molecule has 0 saturated carbocycles. The normalized spacial score (nSPS) is 12.8. The van der Waals surface area contributed by atoms with Gasteiger partial charge in [-0.15, -0.1) is 11.3 Å². The van der Waals surface area contributed by atoms with Crippen molar-refractivity contribution in [2.24, 2.45) is 0 Å². The predicted octanol–water partition coefficient (Wildman–Crippen LogP) is 5.62. The maximum Gasteiger partial charge on any atom is 0.341 e. The number of nitrogens with one attached hydrogen (secondary N) is 2. The van der Waals surface area contributed by atoms with Crippen molar-refractivity contribution in [1.82, 2.24) is 9.78 Å². The van der Waals surface area contributed by atoms with Gasteiger partial charge in [0.2, 0.25) is 0 Å². The Balaban J connectivity index is 1.44. The maximum atomic E-state index is 12.6. The number of carbonyl (C=O) groups excluding carboxylic acids is 1. The molecule has 2 N–H and O–H groups in total. The first-order chi connectivity index (χ1) is 15.0. The molecule has 0 fully saturated rings. The quantitative estimate of drug-likeness (QED) is 0.326. The van der Waals surface area contributed by atoms with Crippen LogP contribution in [0.1, 0.15) is 46.1 Å². The molecule has 2 aromatic heterocycles. The van der Waals surface area contributed by atoms with Gasteiger partial charge in [-0.25, -0.2) is 4.79 Å². The molecule has 4 rings (SSSR count). The molecular weight excluding hydrogens is 496 g/mol. The molecule has 0 amide bonds. The number of halogens is 1. The van der Waals surface area contributed by atoms with Gasteiger partial charge in [-0.1, -0.05) is 28.1 Å². The van der Waals surface area contributed by atoms with Crippen molar-refractivity contribution in [3.05, 3.63) is 62.7 Å². The van der Waals surface area contributed by atoms with Crippen LogP contribution in [0.5, 0.6) is 0 Å². The van der Waals surface area contributed by atoms with Gasteiger partial charge in [0.15, 0.2) is 5.11 Å². The second-order valence-electron chi connectivity index (χ2n) is 7.27. The third kappa shape index (κ3) is 5.34.